The highest BCUT2D eigenvalue weighted by Crippen LogP contribution is 2.24. The highest BCUT2D eigenvalue weighted by Gasteiger charge is 2.05. The zero-order chi connectivity index (χ0) is 9.14. The Morgan fingerprint density at radius 2 is 2.25 bits per heavy atom. The van der Waals surface area contributed by atoms with Crippen LogP contribution in [0.3, 0.4) is 0 Å². The third-order valence-corrected chi connectivity index (χ3v) is 2.39. The molecule has 0 fully saturated rings. The van der Waals surface area contributed by atoms with Crippen LogP contribution in [-0.2, 0) is 6.42 Å². The van der Waals surface area contributed by atoms with Gasteiger partial charge in [-0.25, -0.2) is 4.39 Å². The molecule has 1 aromatic carbocycles. The Balaban J connectivity index is 3.16. The van der Waals surface area contributed by atoms with E-state index in [1.807, 2.05) is 6.07 Å². The largest absolute Gasteiger partial charge is 0.205 e. The normalized spacial score (nSPS) is 9.50. The smallest absolute Gasteiger partial charge is 0.142 e. The second kappa shape index (κ2) is 3.88. The summed E-state index contributed by atoms with van der Waals surface area (Å²) in [5.74, 6) is -0.481. The number of nitrogens with zero attached hydrogens (tertiary/aromatic N) is 1. The van der Waals surface area contributed by atoms with Gasteiger partial charge in [-0.2, -0.15) is 5.26 Å². The zero-order valence-electron chi connectivity index (χ0n) is 5.94. The zero-order valence-corrected chi connectivity index (χ0v) is 8.28. The van der Waals surface area contributed by atoms with Gasteiger partial charge in [0.1, 0.15) is 5.82 Å². The summed E-state index contributed by atoms with van der Waals surface area (Å²) >= 11 is 8.65. The van der Waals surface area contributed by atoms with Gasteiger partial charge in [-0.3, -0.25) is 0 Å². The van der Waals surface area contributed by atoms with Gasteiger partial charge in [0.15, 0.2) is 0 Å². The van der Waals surface area contributed by atoms with Crippen molar-refractivity contribution in [3.8, 4) is 6.07 Å². The van der Waals surface area contributed by atoms with E-state index in [0.29, 0.717) is 10.0 Å². The lowest BCUT2D eigenvalue weighted by Gasteiger charge is -2.00. The molecule has 12 heavy (non-hydrogen) atoms. The fourth-order valence-corrected chi connectivity index (χ4v) is 1.43. The van der Waals surface area contributed by atoms with E-state index >= 15 is 0 Å². The molecule has 0 aliphatic carbocycles. The van der Waals surface area contributed by atoms with E-state index in [1.54, 1.807) is 0 Å². The highest BCUT2D eigenvalue weighted by molar-refractivity contribution is 9.10. The summed E-state index contributed by atoms with van der Waals surface area (Å²) in [5, 5.41) is 8.44. The van der Waals surface area contributed by atoms with Gasteiger partial charge in [0.25, 0.3) is 0 Å². The molecule has 4 heteroatoms. The fourth-order valence-electron chi connectivity index (χ4n) is 0.784. The van der Waals surface area contributed by atoms with Gasteiger partial charge in [-0.05, 0) is 17.7 Å². The molecule has 1 rings (SSSR count). The third kappa shape index (κ3) is 1.96. The second-order valence-electron chi connectivity index (χ2n) is 2.19. The lowest BCUT2D eigenvalue weighted by molar-refractivity contribution is 0.626. The maximum Gasteiger partial charge on any atom is 0.142 e. The van der Waals surface area contributed by atoms with E-state index in [-0.39, 0.29) is 11.4 Å². The standard InChI is InChI=1S/C8H4BrClFN/c9-6-4-8(11)7(10)3-5(6)1-2-12/h3-4H,1H2. The van der Waals surface area contributed by atoms with Crippen molar-refractivity contribution in [3.63, 3.8) is 0 Å². The topological polar surface area (TPSA) is 23.8 Å². The molecule has 1 nitrogen and oxygen atoms in total. The van der Waals surface area contributed by atoms with E-state index < -0.39 is 5.82 Å². The van der Waals surface area contributed by atoms with E-state index in [1.165, 1.54) is 12.1 Å². The van der Waals surface area contributed by atoms with Crippen LogP contribution >= 0.6 is 27.5 Å². The molecule has 0 radical (unpaired) electrons. The average molecular weight is 248 g/mol. The molecule has 1 aromatic rings. The summed E-state index contributed by atoms with van der Waals surface area (Å²) in [4.78, 5) is 0. The van der Waals surface area contributed by atoms with Gasteiger partial charge < -0.3 is 0 Å². The average Bonchev–Trinajstić information content (AvgIpc) is 2.01. The Bertz CT molecular complexity index is 346. The first-order valence-corrected chi connectivity index (χ1v) is 4.32. The van der Waals surface area contributed by atoms with Crippen molar-refractivity contribution in [1.82, 2.24) is 0 Å². The predicted molar refractivity (Wildman–Crippen MR) is 48.4 cm³/mol. The Labute approximate surface area is 82.9 Å². The van der Waals surface area contributed by atoms with Crippen LogP contribution in [0.5, 0.6) is 0 Å². The van der Waals surface area contributed by atoms with Crippen LogP contribution in [0, 0.1) is 17.1 Å². The molecule has 0 atom stereocenters. The molecule has 0 aliphatic rings. The molecule has 0 bridgehead atoms. The summed E-state index contributed by atoms with van der Waals surface area (Å²) < 4.78 is 13.3. The number of benzene rings is 1. The van der Waals surface area contributed by atoms with Crippen molar-refractivity contribution >= 4 is 27.5 Å². The van der Waals surface area contributed by atoms with Crippen molar-refractivity contribution < 1.29 is 4.39 Å². The van der Waals surface area contributed by atoms with Crippen molar-refractivity contribution in [2.75, 3.05) is 0 Å². The van der Waals surface area contributed by atoms with Gasteiger partial charge in [0, 0.05) is 4.47 Å². The lowest BCUT2D eigenvalue weighted by Crippen LogP contribution is -1.86. The quantitative estimate of drug-likeness (QED) is 0.700. The number of hydrogen-bond donors (Lipinski definition) is 0. The first-order valence-electron chi connectivity index (χ1n) is 3.15. The molecule has 0 amide bonds. The van der Waals surface area contributed by atoms with E-state index in [9.17, 15) is 4.39 Å². The molecule has 0 heterocycles. The van der Waals surface area contributed by atoms with Crippen LogP contribution in [0.25, 0.3) is 0 Å². The van der Waals surface area contributed by atoms with Gasteiger partial charge in [-0.1, -0.05) is 27.5 Å². The van der Waals surface area contributed by atoms with Crippen molar-refractivity contribution in [3.05, 3.63) is 33.0 Å². The van der Waals surface area contributed by atoms with Crippen LogP contribution in [0.4, 0.5) is 4.39 Å². The van der Waals surface area contributed by atoms with E-state index in [0.717, 1.165) is 0 Å². The van der Waals surface area contributed by atoms with Crippen molar-refractivity contribution in [2.24, 2.45) is 0 Å². The first kappa shape index (κ1) is 9.50. The van der Waals surface area contributed by atoms with Crippen LogP contribution in [0.1, 0.15) is 5.56 Å². The number of hydrogen-bond acceptors (Lipinski definition) is 1. The van der Waals surface area contributed by atoms with Crippen LogP contribution in [0.15, 0.2) is 16.6 Å². The monoisotopic (exact) mass is 247 g/mol. The Morgan fingerprint density at radius 1 is 1.58 bits per heavy atom. The fraction of sp³-hybridized carbons (Fsp3) is 0.125. The molecule has 0 N–H and O–H groups in total. The summed E-state index contributed by atoms with van der Waals surface area (Å²) in [6, 6.07) is 4.67. The van der Waals surface area contributed by atoms with Gasteiger partial charge in [-0.15, -0.1) is 0 Å². The summed E-state index contributed by atoms with van der Waals surface area (Å²) in [6.07, 6.45) is 0.223. The molecule has 0 spiro atoms. The molecule has 0 aromatic heterocycles. The van der Waals surface area contributed by atoms with Crippen LogP contribution in [-0.4, -0.2) is 0 Å². The molecule has 0 aliphatic heterocycles. The lowest BCUT2D eigenvalue weighted by atomic mass is 10.2. The Kier molecular flexibility index (Phi) is 3.07. The minimum absolute atomic E-state index is 0.0449. The van der Waals surface area contributed by atoms with Gasteiger partial charge in [0.2, 0.25) is 0 Å². The minimum Gasteiger partial charge on any atom is -0.205 e. The SMILES string of the molecule is N#CCc1cc(Cl)c(F)cc1Br. The molecule has 0 unspecified atom stereocenters. The maximum absolute atomic E-state index is 12.8. The van der Waals surface area contributed by atoms with E-state index in [2.05, 4.69) is 15.9 Å². The maximum atomic E-state index is 12.8. The van der Waals surface area contributed by atoms with E-state index in [4.69, 9.17) is 16.9 Å². The summed E-state index contributed by atoms with van der Waals surface area (Å²) in [6.45, 7) is 0. The number of nitriles is 1. The molecule has 0 saturated carbocycles. The Hall–Kier alpha value is -0.590. The van der Waals surface area contributed by atoms with Crippen molar-refractivity contribution in [2.45, 2.75) is 6.42 Å². The van der Waals surface area contributed by atoms with Gasteiger partial charge in [0.05, 0.1) is 17.5 Å². The number of rotatable bonds is 1. The third-order valence-electron chi connectivity index (χ3n) is 1.36. The van der Waals surface area contributed by atoms with Crippen molar-refractivity contribution in [1.29, 1.82) is 5.26 Å². The highest BCUT2D eigenvalue weighted by atomic mass is 79.9. The predicted octanol–water partition coefficient (Wildman–Crippen LogP) is 3.31. The first-order chi connectivity index (χ1) is 5.65. The van der Waals surface area contributed by atoms with Crippen LogP contribution < -0.4 is 0 Å². The van der Waals surface area contributed by atoms with Gasteiger partial charge >= 0.3 is 0 Å². The second-order valence-corrected chi connectivity index (χ2v) is 3.45. The van der Waals surface area contributed by atoms with Crippen LogP contribution in [0.2, 0.25) is 5.02 Å². The number of halogens is 3. The molecular formula is C8H4BrClFN. The minimum atomic E-state index is -0.481. The summed E-state index contributed by atoms with van der Waals surface area (Å²) in [5.41, 5.74) is 0.698. The Morgan fingerprint density at radius 3 is 2.83 bits per heavy atom. The molecule has 62 valence electrons. The summed E-state index contributed by atoms with van der Waals surface area (Å²) in [7, 11) is 0. The molecule has 0 saturated heterocycles. The molecular weight excluding hydrogens is 244 g/mol.